The number of hydrogen-bond donors (Lipinski definition) is 1. The molecule has 1 aromatic heterocycles. The lowest BCUT2D eigenvalue weighted by Gasteiger charge is -2.13. The van der Waals surface area contributed by atoms with Gasteiger partial charge in [-0.2, -0.15) is 13.2 Å². The monoisotopic (exact) mass is 241 g/mol. The van der Waals surface area contributed by atoms with E-state index < -0.39 is 11.7 Å². The van der Waals surface area contributed by atoms with Crippen LogP contribution in [-0.2, 0) is 6.18 Å². The Labute approximate surface area is 95.7 Å². The molecular formula is C11H10F3N3. The van der Waals surface area contributed by atoms with Crippen molar-refractivity contribution in [2.45, 2.75) is 13.1 Å². The third kappa shape index (κ3) is 2.11. The van der Waals surface area contributed by atoms with Crippen molar-refractivity contribution in [2.24, 2.45) is 0 Å². The first-order valence-electron chi connectivity index (χ1n) is 4.87. The topological polar surface area (TPSA) is 43.8 Å². The quantitative estimate of drug-likeness (QED) is 0.834. The number of nitrogens with two attached hydrogens (primary N) is 1. The van der Waals surface area contributed by atoms with E-state index in [1.165, 1.54) is 29.0 Å². The molecule has 1 heterocycles. The minimum Gasteiger partial charge on any atom is -0.369 e. The normalized spacial score (nSPS) is 11.8. The second-order valence-electron chi connectivity index (χ2n) is 3.63. The predicted molar refractivity (Wildman–Crippen MR) is 57.7 cm³/mol. The van der Waals surface area contributed by atoms with Crippen LogP contribution in [0.15, 0.2) is 30.5 Å². The highest BCUT2D eigenvalue weighted by molar-refractivity contribution is 5.47. The lowest BCUT2D eigenvalue weighted by atomic mass is 10.1. The second-order valence-corrected chi connectivity index (χ2v) is 3.63. The van der Waals surface area contributed by atoms with Gasteiger partial charge in [0.15, 0.2) is 0 Å². The van der Waals surface area contributed by atoms with Gasteiger partial charge in [-0.25, -0.2) is 4.98 Å². The summed E-state index contributed by atoms with van der Waals surface area (Å²) >= 11 is 0. The number of alkyl halides is 3. The van der Waals surface area contributed by atoms with E-state index in [9.17, 15) is 13.2 Å². The average Bonchev–Trinajstić information content (AvgIpc) is 2.56. The predicted octanol–water partition coefficient (Wildman–Crippen LogP) is 2.78. The molecule has 0 aliphatic carbocycles. The van der Waals surface area contributed by atoms with Crippen LogP contribution < -0.4 is 5.73 Å². The molecule has 0 saturated carbocycles. The van der Waals surface area contributed by atoms with Crippen molar-refractivity contribution < 1.29 is 13.2 Å². The fraction of sp³-hybridized carbons (Fsp3) is 0.182. The average molecular weight is 241 g/mol. The summed E-state index contributed by atoms with van der Waals surface area (Å²) in [6.45, 7) is 1.67. The minimum atomic E-state index is -4.42. The van der Waals surface area contributed by atoms with E-state index in [1.807, 2.05) is 0 Å². The number of aryl methyl sites for hydroxylation is 1. The first kappa shape index (κ1) is 11.5. The number of anilines is 1. The Kier molecular flexibility index (Phi) is 2.57. The van der Waals surface area contributed by atoms with Crippen LogP contribution in [-0.4, -0.2) is 9.55 Å². The zero-order valence-electron chi connectivity index (χ0n) is 8.99. The molecule has 0 aliphatic rings. The maximum Gasteiger partial charge on any atom is 0.418 e. The highest BCUT2D eigenvalue weighted by Crippen LogP contribution is 2.34. The van der Waals surface area contributed by atoms with E-state index in [0.717, 1.165) is 6.07 Å². The largest absolute Gasteiger partial charge is 0.418 e. The number of hydrogen-bond acceptors (Lipinski definition) is 2. The summed E-state index contributed by atoms with van der Waals surface area (Å²) in [5, 5.41) is 0. The summed E-state index contributed by atoms with van der Waals surface area (Å²) in [5.41, 5.74) is 5.39. The Morgan fingerprint density at radius 3 is 2.41 bits per heavy atom. The second kappa shape index (κ2) is 3.80. The van der Waals surface area contributed by atoms with E-state index in [2.05, 4.69) is 4.98 Å². The molecule has 2 aromatic rings. The molecule has 1 aromatic carbocycles. The number of para-hydroxylation sites is 1. The fourth-order valence-corrected chi connectivity index (χ4v) is 1.63. The van der Waals surface area contributed by atoms with Gasteiger partial charge in [0.25, 0.3) is 0 Å². The Bertz CT molecular complexity index is 543. The van der Waals surface area contributed by atoms with Gasteiger partial charge in [-0.1, -0.05) is 12.1 Å². The third-order valence-electron chi connectivity index (χ3n) is 2.32. The van der Waals surface area contributed by atoms with E-state index in [0.29, 0.717) is 5.69 Å². The number of imidazole rings is 1. The molecule has 0 amide bonds. The van der Waals surface area contributed by atoms with Gasteiger partial charge in [-0.05, 0) is 19.1 Å². The molecule has 0 unspecified atom stereocenters. The summed E-state index contributed by atoms with van der Waals surface area (Å²) in [6.07, 6.45) is -2.94. The van der Waals surface area contributed by atoms with Gasteiger partial charge < -0.3 is 5.73 Å². The van der Waals surface area contributed by atoms with E-state index in [4.69, 9.17) is 5.73 Å². The number of nitrogens with zero attached hydrogens (tertiary/aromatic N) is 2. The van der Waals surface area contributed by atoms with Crippen molar-refractivity contribution in [2.75, 3.05) is 5.73 Å². The molecule has 0 radical (unpaired) electrons. The standard InChI is InChI=1S/C11H10F3N3/c1-7-6-17(10(15)16-7)9-5-3-2-4-8(9)11(12,13)14/h2-6H,1H3,(H2,15,16). The van der Waals surface area contributed by atoms with Crippen molar-refractivity contribution >= 4 is 5.95 Å². The molecule has 3 nitrogen and oxygen atoms in total. The Morgan fingerprint density at radius 2 is 1.88 bits per heavy atom. The maximum absolute atomic E-state index is 12.8. The summed E-state index contributed by atoms with van der Waals surface area (Å²) in [7, 11) is 0. The van der Waals surface area contributed by atoms with Crippen LogP contribution in [0.4, 0.5) is 19.1 Å². The fourth-order valence-electron chi connectivity index (χ4n) is 1.63. The summed E-state index contributed by atoms with van der Waals surface area (Å²) in [5.74, 6) is 0.0409. The van der Waals surface area contributed by atoms with Gasteiger partial charge in [0.1, 0.15) is 0 Å². The molecular weight excluding hydrogens is 231 g/mol. The molecule has 0 aliphatic heterocycles. The van der Waals surface area contributed by atoms with Crippen LogP contribution in [0.25, 0.3) is 5.69 Å². The number of aromatic nitrogens is 2. The van der Waals surface area contributed by atoms with Crippen LogP contribution >= 0.6 is 0 Å². The lowest BCUT2D eigenvalue weighted by Crippen LogP contribution is -2.11. The molecule has 0 atom stereocenters. The summed E-state index contributed by atoms with van der Waals surface area (Å²) in [6, 6.07) is 5.25. The van der Waals surface area contributed by atoms with Crippen molar-refractivity contribution in [1.82, 2.24) is 9.55 Å². The first-order chi connectivity index (χ1) is 7.89. The van der Waals surface area contributed by atoms with E-state index in [1.54, 1.807) is 6.92 Å². The molecule has 0 spiro atoms. The number of nitrogen functional groups attached to an aromatic ring is 1. The molecule has 0 bridgehead atoms. The first-order valence-corrected chi connectivity index (χ1v) is 4.87. The van der Waals surface area contributed by atoms with Gasteiger partial charge in [0, 0.05) is 6.20 Å². The van der Waals surface area contributed by atoms with Gasteiger partial charge in [0.2, 0.25) is 5.95 Å². The number of benzene rings is 1. The van der Waals surface area contributed by atoms with Crippen molar-refractivity contribution in [3.63, 3.8) is 0 Å². The Morgan fingerprint density at radius 1 is 1.24 bits per heavy atom. The van der Waals surface area contributed by atoms with Crippen LogP contribution in [0.1, 0.15) is 11.3 Å². The molecule has 17 heavy (non-hydrogen) atoms. The highest BCUT2D eigenvalue weighted by atomic mass is 19.4. The SMILES string of the molecule is Cc1cn(-c2ccccc2C(F)(F)F)c(N)n1. The van der Waals surface area contributed by atoms with Crippen LogP contribution in [0.3, 0.4) is 0 Å². The van der Waals surface area contributed by atoms with Gasteiger partial charge in [-0.3, -0.25) is 4.57 Å². The third-order valence-corrected chi connectivity index (χ3v) is 2.32. The van der Waals surface area contributed by atoms with Crippen molar-refractivity contribution in [1.29, 1.82) is 0 Å². The van der Waals surface area contributed by atoms with Gasteiger partial charge >= 0.3 is 6.18 Å². The maximum atomic E-state index is 12.8. The van der Waals surface area contributed by atoms with E-state index >= 15 is 0 Å². The summed E-state index contributed by atoms with van der Waals surface area (Å²) in [4.78, 5) is 3.88. The van der Waals surface area contributed by atoms with Gasteiger partial charge in [-0.15, -0.1) is 0 Å². The van der Waals surface area contributed by atoms with Gasteiger partial charge in [0.05, 0.1) is 16.9 Å². The van der Waals surface area contributed by atoms with E-state index in [-0.39, 0.29) is 11.6 Å². The minimum absolute atomic E-state index is 0.0156. The van der Waals surface area contributed by atoms with Crippen molar-refractivity contribution in [3.05, 3.63) is 41.7 Å². The number of halogens is 3. The molecule has 0 fully saturated rings. The highest BCUT2D eigenvalue weighted by Gasteiger charge is 2.33. The molecule has 2 rings (SSSR count). The van der Waals surface area contributed by atoms with Crippen LogP contribution in [0.2, 0.25) is 0 Å². The van der Waals surface area contributed by atoms with Crippen molar-refractivity contribution in [3.8, 4) is 5.69 Å². The molecule has 90 valence electrons. The Hall–Kier alpha value is -1.98. The zero-order chi connectivity index (χ0) is 12.6. The van der Waals surface area contributed by atoms with Crippen LogP contribution in [0, 0.1) is 6.92 Å². The molecule has 0 saturated heterocycles. The Balaban J connectivity index is 2.64. The zero-order valence-corrected chi connectivity index (χ0v) is 8.99. The molecule has 6 heteroatoms. The molecule has 2 N–H and O–H groups in total. The summed E-state index contributed by atoms with van der Waals surface area (Å²) < 4.78 is 39.6. The van der Waals surface area contributed by atoms with Crippen LogP contribution in [0.5, 0.6) is 0 Å². The number of rotatable bonds is 1. The smallest absolute Gasteiger partial charge is 0.369 e. The lowest BCUT2D eigenvalue weighted by molar-refractivity contribution is -0.137.